The average molecular weight is 243 g/mol. The van der Waals surface area contributed by atoms with E-state index in [-0.39, 0.29) is 5.60 Å². The fourth-order valence-corrected chi connectivity index (χ4v) is 1.97. The van der Waals surface area contributed by atoms with Gasteiger partial charge in [-0.15, -0.1) is 0 Å². The number of rotatable bonds is 11. The number of unbranched alkanes of at least 4 members (excludes halogenated alkanes) is 5. The van der Waals surface area contributed by atoms with Gasteiger partial charge in [-0.2, -0.15) is 0 Å². The van der Waals surface area contributed by atoms with E-state index in [0.717, 1.165) is 12.8 Å². The Morgan fingerprint density at radius 3 is 2.18 bits per heavy atom. The van der Waals surface area contributed by atoms with Gasteiger partial charge in [0.2, 0.25) is 0 Å². The van der Waals surface area contributed by atoms with Gasteiger partial charge in [-0.25, -0.2) is 0 Å². The fraction of sp³-hybridized carbons (Fsp3) is 1.00. The van der Waals surface area contributed by atoms with E-state index in [0.29, 0.717) is 6.04 Å². The molecule has 2 nitrogen and oxygen atoms in total. The molecule has 0 aromatic carbocycles. The van der Waals surface area contributed by atoms with Gasteiger partial charge in [0.15, 0.2) is 0 Å². The molecule has 0 spiro atoms. The predicted octanol–water partition coefficient (Wildman–Crippen LogP) is 4.27. The lowest BCUT2D eigenvalue weighted by Crippen LogP contribution is -2.28. The van der Waals surface area contributed by atoms with Gasteiger partial charge in [0.1, 0.15) is 0 Å². The molecule has 0 saturated carbocycles. The van der Waals surface area contributed by atoms with Gasteiger partial charge in [0, 0.05) is 13.2 Å². The second-order valence-electron chi connectivity index (χ2n) is 5.82. The van der Waals surface area contributed by atoms with Gasteiger partial charge in [-0.05, 0) is 33.1 Å². The summed E-state index contributed by atoms with van der Waals surface area (Å²) in [5.74, 6) is 0. The van der Waals surface area contributed by atoms with Crippen LogP contribution in [0, 0.1) is 0 Å². The summed E-state index contributed by atoms with van der Waals surface area (Å²) in [4.78, 5) is 0. The molecule has 17 heavy (non-hydrogen) atoms. The first-order valence-electron chi connectivity index (χ1n) is 7.32. The first kappa shape index (κ1) is 16.9. The summed E-state index contributed by atoms with van der Waals surface area (Å²) < 4.78 is 5.40. The van der Waals surface area contributed by atoms with E-state index in [2.05, 4.69) is 20.8 Å². The zero-order valence-electron chi connectivity index (χ0n) is 12.4. The van der Waals surface area contributed by atoms with Gasteiger partial charge in [-0.3, -0.25) is 0 Å². The Morgan fingerprint density at radius 1 is 1.00 bits per heavy atom. The number of nitrogens with two attached hydrogens (primary N) is 1. The molecule has 1 atom stereocenters. The van der Waals surface area contributed by atoms with E-state index in [1.165, 1.54) is 44.9 Å². The number of hydrogen-bond donors (Lipinski definition) is 1. The highest BCUT2D eigenvalue weighted by molar-refractivity contribution is 4.72. The lowest BCUT2D eigenvalue weighted by molar-refractivity contribution is 0.0123. The molecular formula is C15H33NO. The SMILES string of the molecule is CCCCCCCCC(N)CCC(C)(C)OC. The van der Waals surface area contributed by atoms with Crippen molar-refractivity contribution in [3.8, 4) is 0 Å². The summed E-state index contributed by atoms with van der Waals surface area (Å²) >= 11 is 0. The molecule has 104 valence electrons. The third-order valence-corrected chi connectivity index (χ3v) is 3.60. The molecule has 0 rings (SSSR count). The Hall–Kier alpha value is -0.0800. The lowest BCUT2D eigenvalue weighted by Gasteiger charge is -2.24. The van der Waals surface area contributed by atoms with Gasteiger partial charge >= 0.3 is 0 Å². The molecule has 2 N–H and O–H groups in total. The van der Waals surface area contributed by atoms with E-state index in [1.54, 1.807) is 7.11 Å². The zero-order chi connectivity index (χ0) is 13.1. The molecule has 0 aliphatic heterocycles. The monoisotopic (exact) mass is 243 g/mol. The van der Waals surface area contributed by atoms with Crippen LogP contribution in [0.25, 0.3) is 0 Å². The third kappa shape index (κ3) is 10.8. The standard InChI is InChI=1S/C15H33NO/c1-5-6-7-8-9-10-11-14(16)12-13-15(2,3)17-4/h14H,5-13,16H2,1-4H3. The maximum atomic E-state index is 6.12. The molecule has 0 aliphatic carbocycles. The van der Waals surface area contributed by atoms with Gasteiger partial charge in [0.25, 0.3) is 0 Å². The van der Waals surface area contributed by atoms with Crippen LogP contribution in [0.5, 0.6) is 0 Å². The highest BCUT2D eigenvalue weighted by Gasteiger charge is 2.17. The van der Waals surface area contributed by atoms with Crippen LogP contribution >= 0.6 is 0 Å². The molecule has 0 fully saturated rings. The molecule has 1 unspecified atom stereocenters. The molecule has 0 aromatic heterocycles. The van der Waals surface area contributed by atoms with Crippen molar-refractivity contribution in [2.45, 2.75) is 90.2 Å². The Labute approximate surface area is 108 Å². The summed E-state index contributed by atoms with van der Waals surface area (Å²) in [6.45, 7) is 6.52. The molecule has 2 heteroatoms. The first-order valence-corrected chi connectivity index (χ1v) is 7.32. The smallest absolute Gasteiger partial charge is 0.0623 e. The highest BCUT2D eigenvalue weighted by Crippen LogP contribution is 2.18. The second-order valence-corrected chi connectivity index (χ2v) is 5.82. The van der Waals surface area contributed by atoms with Crippen molar-refractivity contribution >= 4 is 0 Å². The maximum Gasteiger partial charge on any atom is 0.0623 e. The number of ether oxygens (including phenoxy) is 1. The van der Waals surface area contributed by atoms with Gasteiger partial charge < -0.3 is 10.5 Å². The highest BCUT2D eigenvalue weighted by atomic mass is 16.5. The van der Waals surface area contributed by atoms with Crippen LogP contribution in [0.2, 0.25) is 0 Å². The van der Waals surface area contributed by atoms with E-state index in [1.807, 2.05) is 0 Å². The van der Waals surface area contributed by atoms with Crippen molar-refractivity contribution in [2.75, 3.05) is 7.11 Å². The Bertz CT molecular complexity index is 168. The van der Waals surface area contributed by atoms with Crippen molar-refractivity contribution in [2.24, 2.45) is 5.73 Å². The Kier molecular flexibility index (Phi) is 9.85. The first-order chi connectivity index (χ1) is 8.02. The predicted molar refractivity (Wildman–Crippen MR) is 76.3 cm³/mol. The molecule has 0 aromatic rings. The molecule has 0 amide bonds. The molecule has 0 heterocycles. The van der Waals surface area contributed by atoms with Crippen LogP contribution in [0.4, 0.5) is 0 Å². The van der Waals surface area contributed by atoms with E-state index in [9.17, 15) is 0 Å². The van der Waals surface area contributed by atoms with E-state index >= 15 is 0 Å². The van der Waals surface area contributed by atoms with Crippen LogP contribution in [0.1, 0.15) is 78.6 Å². The normalized spacial score (nSPS) is 13.9. The van der Waals surface area contributed by atoms with E-state index < -0.39 is 0 Å². The van der Waals surface area contributed by atoms with Gasteiger partial charge in [-0.1, -0.05) is 45.4 Å². The summed E-state index contributed by atoms with van der Waals surface area (Å²) in [5, 5.41) is 0. The van der Waals surface area contributed by atoms with Gasteiger partial charge in [0.05, 0.1) is 5.60 Å². The Balaban J connectivity index is 3.37. The lowest BCUT2D eigenvalue weighted by atomic mass is 9.96. The van der Waals surface area contributed by atoms with Crippen LogP contribution in [-0.2, 0) is 4.74 Å². The minimum absolute atomic E-state index is 0.0151. The summed E-state index contributed by atoms with van der Waals surface area (Å²) in [7, 11) is 1.78. The fourth-order valence-electron chi connectivity index (χ4n) is 1.97. The molecule has 0 bridgehead atoms. The molecule has 0 radical (unpaired) electrons. The third-order valence-electron chi connectivity index (χ3n) is 3.60. The van der Waals surface area contributed by atoms with Crippen molar-refractivity contribution in [1.82, 2.24) is 0 Å². The minimum Gasteiger partial charge on any atom is -0.379 e. The summed E-state index contributed by atoms with van der Waals surface area (Å²) in [6, 6.07) is 0.357. The van der Waals surface area contributed by atoms with Crippen LogP contribution in [0.15, 0.2) is 0 Å². The topological polar surface area (TPSA) is 35.2 Å². The molecule has 0 saturated heterocycles. The maximum absolute atomic E-state index is 6.12. The van der Waals surface area contributed by atoms with Crippen LogP contribution < -0.4 is 5.73 Å². The molecule has 0 aliphatic rings. The summed E-state index contributed by atoms with van der Waals surface area (Å²) in [5.41, 5.74) is 6.11. The number of methoxy groups -OCH3 is 1. The largest absolute Gasteiger partial charge is 0.379 e. The quantitative estimate of drug-likeness (QED) is 0.550. The van der Waals surface area contributed by atoms with Crippen molar-refractivity contribution < 1.29 is 4.74 Å². The summed E-state index contributed by atoms with van der Waals surface area (Å²) in [6.07, 6.45) is 11.4. The average Bonchev–Trinajstić information content (AvgIpc) is 2.31. The van der Waals surface area contributed by atoms with Crippen molar-refractivity contribution in [3.05, 3.63) is 0 Å². The van der Waals surface area contributed by atoms with Crippen LogP contribution in [0.3, 0.4) is 0 Å². The Morgan fingerprint density at radius 2 is 1.59 bits per heavy atom. The second kappa shape index (κ2) is 9.90. The van der Waals surface area contributed by atoms with Crippen molar-refractivity contribution in [3.63, 3.8) is 0 Å². The molecular weight excluding hydrogens is 210 g/mol. The van der Waals surface area contributed by atoms with E-state index in [4.69, 9.17) is 10.5 Å². The van der Waals surface area contributed by atoms with Crippen molar-refractivity contribution in [1.29, 1.82) is 0 Å². The minimum atomic E-state index is -0.0151. The zero-order valence-corrected chi connectivity index (χ0v) is 12.4. The van der Waals surface area contributed by atoms with Crippen LogP contribution in [-0.4, -0.2) is 18.8 Å². The number of hydrogen-bond acceptors (Lipinski definition) is 2.